The molecule has 128 valence electrons. The zero-order valence-corrected chi connectivity index (χ0v) is 14.5. The molecule has 25 heavy (non-hydrogen) atoms. The fourth-order valence-electron chi connectivity index (χ4n) is 3.26. The molecular weight excluding hydrogens is 334 g/mol. The number of amides is 1. The van der Waals surface area contributed by atoms with Crippen molar-refractivity contribution in [1.29, 1.82) is 0 Å². The number of nitrogens with two attached hydrogens (primary N) is 1. The first kappa shape index (κ1) is 16.1. The topological polar surface area (TPSA) is 72.4 Å². The number of hydrogen-bond acceptors (Lipinski definition) is 5. The van der Waals surface area contributed by atoms with Crippen molar-refractivity contribution in [3.8, 4) is 10.6 Å². The molecule has 4 rings (SSSR count). The number of likely N-dealkylation sites (tertiary alicyclic amines) is 1. The normalized spacial score (nSPS) is 20.1. The SMILES string of the molecule is N[C@@H]1CN(C(=O)Cc2csc(-c3ccoc3)n2)C[C@H]1c1ccccc1. The van der Waals surface area contributed by atoms with Crippen molar-refractivity contribution in [3.63, 3.8) is 0 Å². The van der Waals surface area contributed by atoms with Crippen molar-refractivity contribution >= 4 is 17.2 Å². The minimum atomic E-state index is -0.0247. The quantitative estimate of drug-likeness (QED) is 0.783. The van der Waals surface area contributed by atoms with Gasteiger partial charge in [0.15, 0.2) is 0 Å². The van der Waals surface area contributed by atoms with Crippen LogP contribution in [0.4, 0.5) is 0 Å². The second-order valence-electron chi connectivity index (χ2n) is 6.31. The monoisotopic (exact) mass is 353 g/mol. The number of carbonyl (C=O) groups is 1. The highest BCUT2D eigenvalue weighted by Crippen LogP contribution is 2.28. The van der Waals surface area contributed by atoms with Gasteiger partial charge in [0.25, 0.3) is 0 Å². The molecule has 1 amide bonds. The number of benzene rings is 1. The Morgan fingerprint density at radius 2 is 2.12 bits per heavy atom. The molecule has 1 aromatic carbocycles. The Kier molecular flexibility index (Phi) is 4.38. The lowest BCUT2D eigenvalue weighted by Crippen LogP contribution is -2.33. The molecule has 5 nitrogen and oxygen atoms in total. The molecule has 0 bridgehead atoms. The number of hydrogen-bond donors (Lipinski definition) is 1. The largest absolute Gasteiger partial charge is 0.472 e. The fraction of sp³-hybridized carbons (Fsp3) is 0.263. The predicted octanol–water partition coefficient (Wildman–Crippen LogP) is 2.90. The highest BCUT2D eigenvalue weighted by atomic mass is 32.1. The van der Waals surface area contributed by atoms with E-state index < -0.39 is 0 Å². The van der Waals surface area contributed by atoms with E-state index in [1.807, 2.05) is 34.5 Å². The van der Waals surface area contributed by atoms with Gasteiger partial charge in [-0.05, 0) is 11.6 Å². The molecule has 3 heterocycles. The molecule has 1 aliphatic rings. The summed E-state index contributed by atoms with van der Waals surface area (Å²) in [5, 5.41) is 2.81. The zero-order chi connectivity index (χ0) is 17.2. The number of nitrogens with zero attached hydrogens (tertiary/aromatic N) is 2. The van der Waals surface area contributed by atoms with Crippen LogP contribution in [0.25, 0.3) is 10.6 Å². The highest BCUT2D eigenvalue weighted by Gasteiger charge is 2.33. The first-order valence-electron chi connectivity index (χ1n) is 8.26. The van der Waals surface area contributed by atoms with Crippen molar-refractivity contribution < 1.29 is 9.21 Å². The van der Waals surface area contributed by atoms with Crippen LogP contribution in [0.2, 0.25) is 0 Å². The second-order valence-corrected chi connectivity index (χ2v) is 7.17. The third-order valence-corrected chi connectivity index (χ3v) is 5.54. The Bertz CT molecular complexity index is 845. The molecule has 0 aliphatic carbocycles. The van der Waals surface area contributed by atoms with Crippen molar-refractivity contribution in [3.05, 3.63) is 65.6 Å². The third-order valence-electron chi connectivity index (χ3n) is 4.60. The molecule has 2 atom stereocenters. The van der Waals surface area contributed by atoms with Crippen LogP contribution in [0.1, 0.15) is 17.2 Å². The van der Waals surface area contributed by atoms with Gasteiger partial charge in [-0.1, -0.05) is 30.3 Å². The predicted molar refractivity (Wildman–Crippen MR) is 97.3 cm³/mol. The molecular formula is C19H19N3O2S. The van der Waals surface area contributed by atoms with Crippen molar-refractivity contribution in [2.75, 3.05) is 13.1 Å². The van der Waals surface area contributed by atoms with Crippen molar-refractivity contribution in [2.24, 2.45) is 5.73 Å². The fourth-order valence-corrected chi connectivity index (χ4v) is 4.07. The van der Waals surface area contributed by atoms with E-state index in [0.29, 0.717) is 19.5 Å². The summed E-state index contributed by atoms with van der Waals surface area (Å²) < 4.78 is 5.08. The van der Waals surface area contributed by atoms with Crippen LogP contribution < -0.4 is 5.73 Å². The van der Waals surface area contributed by atoms with E-state index in [1.165, 1.54) is 16.9 Å². The number of aromatic nitrogens is 1. The third kappa shape index (κ3) is 3.36. The van der Waals surface area contributed by atoms with Crippen LogP contribution in [0.5, 0.6) is 0 Å². The summed E-state index contributed by atoms with van der Waals surface area (Å²) in [6.45, 7) is 1.26. The number of rotatable bonds is 4. The molecule has 0 radical (unpaired) electrons. The Morgan fingerprint density at radius 3 is 2.88 bits per heavy atom. The molecule has 2 aromatic heterocycles. The lowest BCUT2D eigenvalue weighted by atomic mass is 9.95. The number of furan rings is 1. The first-order chi connectivity index (χ1) is 12.2. The van der Waals surface area contributed by atoms with Gasteiger partial charge in [0.05, 0.1) is 18.4 Å². The van der Waals surface area contributed by atoms with E-state index in [9.17, 15) is 4.79 Å². The van der Waals surface area contributed by atoms with E-state index in [1.54, 1.807) is 12.5 Å². The maximum Gasteiger partial charge on any atom is 0.228 e. The standard InChI is InChI=1S/C19H19N3O2S/c20-17-10-22(9-16(17)13-4-2-1-3-5-13)18(23)8-15-12-25-19(21-15)14-6-7-24-11-14/h1-7,11-12,16-17H,8-10,20H2/t16-,17+/m0/s1. The Balaban J connectivity index is 1.42. The van der Waals surface area contributed by atoms with Gasteiger partial charge in [0.1, 0.15) is 11.3 Å². The molecule has 2 N–H and O–H groups in total. The lowest BCUT2D eigenvalue weighted by Gasteiger charge is -2.16. The molecule has 1 aliphatic heterocycles. The highest BCUT2D eigenvalue weighted by molar-refractivity contribution is 7.13. The van der Waals surface area contributed by atoms with Gasteiger partial charge in [0.2, 0.25) is 5.91 Å². The number of carbonyl (C=O) groups excluding carboxylic acids is 1. The van der Waals surface area contributed by atoms with E-state index in [-0.39, 0.29) is 17.9 Å². The van der Waals surface area contributed by atoms with Crippen LogP contribution in [0, 0.1) is 0 Å². The van der Waals surface area contributed by atoms with E-state index >= 15 is 0 Å². The van der Waals surface area contributed by atoms with Gasteiger partial charge in [0, 0.05) is 36.0 Å². The molecule has 1 fully saturated rings. The van der Waals surface area contributed by atoms with Crippen LogP contribution >= 0.6 is 11.3 Å². The van der Waals surface area contributed by atoms with Crippen LogP contribution in [-0.2, 0) is 11.2 Å². The van der Waals surface area contributed by atoms with E-state index in [2.05, 4.69) is 17.1 Å². The van der Waals surface area contributed by atoms with Crippen LogP contribution in [0.15, 0.2) is 58.7 Å². The lowest BCUT2D eigenvalue weighted by molar-refractivity contribution is -0.129. The van der Waals surface area contributed by atoms with Gasteiger partial charge < -0.3 is 15.1 Å². The van der Waals surface area contributed by atoms with E-state index in [0.717, 1.165) is 16.3 Å². The summed E-state index contributed by atoms with van der Waals surface area (Å²) >= 11 is 1.52. The minimum Gasteiger partial charge on any atom is -0.472 e. The number of thiazole rings is 1. The summed E-state index contributed by atoms with van der Waals surface area (Å²) in [7, 11) is 0. The van der Waals surface area contributed by atoms with Crippen molar-refractivity contribution in [1.82, 2.24) is 9.88 Å². The van der Waals surface area contributed by atoms with Gasteiger partial charge >= 0.3 is 0 Å². The first-order valence-corrected chi connectivity index (χ1v) is 9.14. The van der Waals surface area contributed by atoms with Crippen molar-refractivity contribution in [2.45, 2.75) is 18.4 Å². The zero-order valence-electron chi connectivity index (χ0n) is 13.7. The second kappa shape index (κ2) is 6.82. The maximum absolute atomic E-state index is 12.6. The average molecular weight is 353 g/mol. The molecule has 0 saturated carbocycles. The Morgan fingerprint density at radius 1 is 1.28 bits per heavy atom. The molecule has 6 heteroatoms. The van der Waals surface area contributed by atoms with Crippen LogP contribution in [-0.4, -0.2) is 34.9 Å². The summed E-state index contributed by atoms with van der Waals surface area (Å²) in [4.78, 5) is 19.0. The van der Waals surface area contributed by atoms with Gasteiger partial charge in [-0.3, -0.25) is 4.79 Å². The summed E-state index contributed by atoms with van der Waals surface area (Å²) in [6.07, 6.45) is 3.59. The minimum absolute atomic E-state index is 0.0247. The van der Waals surface area contributed by atoms with Gasteiger partial charge in [-0.25, -0.2) is 4.98 Å². The molecule has 0 unspecified atom stereocenters. The van der Waals surface area contributed by atoms with Crippen LogP contribution in [0.3, 0.4) is 0 Å². The van der Waals surface area contributed by atoms with Gasteiger partial charge in [-0.15, -0.1) is 11.3 Å². The van der Waals surface area contributed by atoms with Gasteiger partial charge in [-0.2, -0.15) is 0 Å². The molecule has 3 aromatic rings. The summed E-state index contributed by atoms with van der Waals surface area (Å²) in [5.41, 5.74) is 9.21. The Labute approximate surface area is 150 Å². The smallest absolute Gasteiger partial charge is 0.228 e. The Hall–Kier alpha value is -2.44. The molecule has 1 saturated heterocycles. The average Bonchev–Trinajstić information content (AvgIpc) is 3.35. The molecule has 0 spiro atoms. The van der Waals surface area contributed by atoms with E-state index in [4.69, 9.17) is 10.2 Å². The summed E-state index contributed by atoms with van der Waals surface area (Å²) in [6, 6.07) is 12.0. The maximum atomic E-state index is 12.6. The summed E-state index contributed by atoms with van der Waals surface area (Å²) in [5.74, 6) is 0.278.